The second-order valence-electron chi connectivity index (χ2n) is 5.73. The van der Waals surface area contributed by atoms with Crippen molar-refractivity contribution >= 4 is 16.8 Å². The number of hydrogen-bond donors (Lipinski definition) is 2. The molecule has 124 valence electrons. The second-order valence-corrected chi connectivity index (χ2v) is 5.73. The lowest BCUT2D eigenvalue weighted by Crippen LogP contribution is -2.39. The fourth-order valence-electron chi connectivity index (χ4n) is 2.49. The van der Waals surface area contributed by atoms with Crippen LogP contribution in [0.5, 0.6) is 0 Å². The van der Waals surface area contributed by atoms with E-state index in [9.17, 15) is 9.59 Å². The van der Waals surface area contributed by atoms with Crippen LogP contribution in [0, 0.1) is 6.92 Å². The first-order valence-corrected chi connectivity index (χ1v) is 7.97. The molecule has 1 aromatic heterocycles. The zero-order valence-corrected chi connectivity index (χ0v) is 13.9. The van der Waals surface area contributed by atoms with Crippen molar-refractivity contribution in [1.29, 1.82) is 0 Å². The molecule has 2 N–H and O–H groups in total. The second kappa shape index (κ2) is 7.87. The van der Waals surface area contributed by atoms with Gasteiger partial charge in [-0.1, -0.05) is 19.1 Å². The lowest BCUT2D eigenvalue weighted by atomic mass is 10.1. The van der Waals surface area contributed by atoms with Crippen molar-refractivity contribution in [3.05, 3.63) is 40.4 Å². The molecule has 23 heavy (non-hydrogen) atoms. The first kappa shape index (κ1) is 17.1. The minimum atomic E-state index is -0.104. The number of aryl methyl sites for hydroxylation is 2. The fraction of sp³-hybridized carbons (Fsp3) is 0.471. The molecular formula is C17H24N4O2. The first-order valence-electron chi connectivity index (χ1n) is 7.97. The van der Waals surface area contributed by atoms with Gasteiger partial charge in [-0.2, -0.15) is 0 Å². The standard InChI is InChI=1S/C17H24N4O2/c1-4-18-13(3)10-19-15(22)8-9-21-11-20-16-12(2)6-5-7-14(16)17(21)23/h5-7,11,13,18H,4,8-10H2,1-3H3,(H,19,22)/t13-/m1/s1. The topological polar surface area (TPSA) is 76.0 Å². The minimum absolute atomic E-state index is 0.0639. The zero-order valence-electron chi connectivity index (χ0n) is 13.9. The van der Waals surface area contributed by atoms with E-state index in [2.05, 4.69) is 15.6 Å². The number of benzene rings is 1. The average Bonchev–Trinajstić information content (AvgIpc) is 2.53. The highest BCUT2D eigenvalue weighted by Crippen LogP contribution is 2.11. The number of nitrogens with one attached hydrogen (secondary N) is 2. The van der Waals surface area contributed by atoms with Crippen LogP contribution >= 0.6 is 0 Å². The molecule has 1 amide bonds. The molecule has 1 heterocycles. The molecule has 0 saturated carbocycles. The van der Waals surface area contributed by atoms with Crippen molar-refractivity contribution in [3.63, 3.8) is 0 Å². The SMILES string of the molecule is CCN[C@H](C)CNC(=O)CCn1cnc2c(C)cccc2c1=O. The Balaban J connectivity index is 1.99. The van der Waals surface area contributed by atoms with Gasteiger partial charge in [0.2, 0.25) is 5.91 Å². The third-order valence-electron chi connectivity index (χ3n) is 3.79. The van der Waals surface area contributed by atoms with Crippen LogP contribution in [0.3, 0.4) is 0 Å². The molecule has 0 fully saturated rings. The Morgan fingerprint density at radius 1 is 1.39 bits per heavy atom. The van der Waals surface area contributed by atoms with Crippen LogP contribution in [-0.2, 0) is 11.3 Å². The largest absolute Gasteiger partial charge is 0.354 e. The average molecular weight is 316 g/mol. The molecule has 0 aliphatic rings. The van der Waals surface area contributed by atoms with Gasteiger partial charge in [0.25, 0.3) is 5.56 Å². The Morgan fingerprint density at radius 3 is 2.91 bits per heavy atom. The number of hydrogen-bond acceptors (Lipinski definition) is 4. The Kier molecular flexibility index (Phi) is 5.87. The van der Waals surface area contributed by atoms with Crippen LogP contribution < -0.4 is 16.2 Å². The van der Waals surface area contributed by atoms with Crippen LogP contribution in [0.2, 0.25) is 0 Å². The zero-order chi connectivity index (χ0) is 16.8. The molecule has 2 aromatic rings. The molecule has 6 nitrogen and oxygen atoms in total. The van der Waals surface area contributed by atoms with Gasteiger partial charge in [-0.05, 0) is 32.0 Å². The third kappa shape index (κ3) is 4.39. The molecule has 0 saturated heterocycles. The molecule has 0 unspecified atom stereocenters. The van der Waals surface area contributed by atoms with Crippen molar-refractivity contribution in [2.75, 3.05) is 13.1 Å². The van der Waals surface area contributed by atoms with Crippen LogP contribution in [0.4, 0.5) is 0 Å². The summed E-state index contributed by atoms with van der Waals surface area (Å²) in [4.78, 5) is 28.6. The number of likely N-dealkylation sites (N-methyl/N-ethyl adjacent to an activating group) is 1. The van der Waals surface area contributed by atoms with Crippen molar-refractivity contribution in [2.24, 2.45) is 0 Å². The normalized spacial score (nSPS) is 12.3. The highest BCUT2D eigenvalue weighted by molar-refractivity contribution is 5.80. The van der Waals surface area contributed by atoms with Crippen LogP contribution in [-0.4, -0.2) is 34.6 Å². The van der Waals surface area contributed by atoms with Crippen molar-refractivity contribution in [2.45, 2.75) is 39.8 Å². The molecule has 1 aromatic carbocycles. The van der Waals surface area contributed by atoms with E-state index in [1.54, 1.807) is 6.07 Å². The van der Waals surface area contributed by atoms with Gasteiger partial charge in [0.05, 0.1) is 17.2 Å². The van der Waals surface area contributed by atoms with E-state index in [4.69, 9.17) is 0 Å². The van der Waals surface area contributed by atoms with Crippen molar-refractivity contribution < 1.29 is 4.79 Å². The first-order chi connectivity index (χ1) is 11.0. The molecule has 0 aliphatic carbocycles. The summed E-state index contributed by atoms with van der Waals surface area (Å²) in [6.45, 7) is 7.75. The molecule has 0 bridgehead atoms. The molecule has 0 spiro atoms. The van der Waals surface area contributed by atoms with E-state index >= 15 is 0 Å². The number of aromatic nitrogens is 2. The predicted octanol–water partition coefficient (Wildman–Crippen LogP) is 1.21. The smallest absolute Gasteiger partial charge is 0.261 e. The van der Waals surface area contributed by atoms with Crippen LogP contribution in [0.25, 0.3) is 10.9 Å². The number of para-hydroxylation sites is 1. The Morgan fingerprint density at radius 2 is 2.17 bits per heavy atom. The van der Waals surface area contributed by atoms with Gasteiger partial charge in [0, 0.05) is 25.6 Å². The Labute approximate surface area is 135 Å². The number of carbonyl (C=O) groups excluding carboxylic acids is 1. The van der Waals surface area contributed by atoms with E-state index in [1.807, 2.05) is 32.9 Å². The molecule has 2 rings (SSSR count). The monoisotopic (exact) mass is 316 g/mol. The maximum absolute atomic E-state index is 12.4. The summed E-state index contributed by atoms with van der Waals surface area (Å²) in [5.41, 5.74) is 1.59. The number of amides is 1. The number of fused-ring (bicyclic) bond motifs is 1. The summed E-state index contributed by atoms with van der Waals surface area (Å²) in [6, 6.07) is 5.78. The maximum Gasteiger partial charge on any atom is 0.261 e. The highest BCUT2D eigenvalue weighted by Gasteiger charge is 2.08. The quantitative estimate of drug-likeness (QED) is 0.805. The Bertz CT molecular complexity index is 739. The van der Waals surface area contributed by atoms with Crippen LogP contribution in [0.15, 0.2) is 29.3 Å². The van der Waals surface area contributed by atoms with Crippen LogP contribution in [0.1, 0.15) is 25.8 Å². The number of rotatable bonds is 7. The summed E-state index contributed by atoms with van der Waals surface area (Å²) in [5, 5.41) is 6.69. The molecule has 6 heteroatoms. The lowest BCUT2D eigenvalue weighted by molar-refractivity contribution is -0.121. The molecular weight excluding hydrogens is 292 g/mol. The Hall–Kier alpha value is -2.21. The summed E-state index contributed by atoms with van der Waals surface area (Å²) < 4.78 is 1.50. The van der Waals surface area contributed by atoms with Gasteiger partial charge in [-0.3, -0.25) is 14.2 Å². The fourth-order valence-corrected chi connectivity index (χ4v) is 2.49. The predicted molar refractivity (Wildman–Crippen MR) is 91.5 cm³/mol. The van der Waals surface area contributed by atoms with E-state index in [0.717, 1.165) is 17.6 Å². The minimum Gasteiger partial charge on any atom is -0.354 e. The van der Waals surface area contributed by atoms with Gasteiger partial charge < -0.3 is 10.6 Å². The van der Waals surface area contributed by atoms with Crippen molar-refractivity contribution in [3.8, 4) is 0 Å². The van der Waals surface area contributed by atoms with Gasteiger partial charge >= 0.3 is 0 Å². The molecule has 0 aliphatic heterocycles. The third-order valence-corrected chi connectivity index (χ3v) is 3.79. The summed E-state index contributed by atoms with van der Waals surface area (Å²) >= 11 is 0. The summed E-state index contributed by atoms with van der Waals surface area (Å²) in [6.07, 6.45) is 1.78. The number of carbonyl (C=O) groups is 1. The summed E-state index contributed by atoms with van der Waals surface area (Å²) in [5.74, 6) is -0.0639. The summed E-state index contributed by atoms with van der Waals surface area (Å²) in [7, 11) is 0. The van der Waals surface area contributed by atoms with E-state index < -0.39 is 0 Å². The van der Waals surface area contributed by atoms with Gasteiger partial charge in [0.15, 0.2) is 0 Å². The maximum atomic E-state index is 12.4. The molecule has 1 atom stereocenters. The number of nitrogens with zero attached hydrogens (tertiary/aromatic N) is 2. The van der Waals surface area contributed by atoms with Crippen molar-refractivity contribution in [1.82, 2.24) is 20.2 Å². The van der Waals surface area contributed by atoms with Gasteiger partial charge in [0.1, 0.15) is 0 Å². The van der Waals surface area contributed by atoms with Gasteiger partial charge in [-0.15, -0.1) is 0 Å². The highest BCUT2D eigenvalue weighted by atomic mass is 16.1. The molecule has 0 radical (unpaired) electrons. The lowest BCUT2D eigenvalue weighted by Gasteiger charge is -2.13. The van der Waals surface area contributed by atoms with E-state index in [-0.39, 0.29) is 23.9 Å². The van der Waals surface area contributed by atoms with Gasteiger partial charge in [-0.25, -0.2) is 4.98 Å². The van der Waals surface area contributed by atoms with E-state index in [1.165, 1.54) is 10.9 Å². The van der Waals surface area contributed by atoms with E-state index in [0.29, 0.717) is 18.5 Å².